The Balaban J connectivity index is 1.70. The molecule has 3 aliphatic rings. The average molecular weight is 288 g/mol. The first kappa shape index (κ1) is 13.8. The number of rotatable bonds is 3. The minimum absolute atomic E-state index is 0.0438. The van der Waals surface area contributed by atoms with Crippen LogP contribution in [0, 0.1) is 0 Å². The molecule has 5 nitrogen and oxygen atoms in total. The highest BCUT2D eigenvalue weighted by atomic mass is 32.2. The Bertz CT molecular complexity index is 406. The molecular weight excluding hydrogens is 264 g/mol. The molecule has 2 bridgehead atoms. The monoisotopic (exact) mass is 288 g/mol. The third-order valence-corrected chi connectivity index (χ3v) is 6.85. The van der Waals surface area contributed by atoms with Crippen molar-refractivity contribution in [2.45, 2.75) is 69.2 Å². The lowest BCUT2D eigenvalue weighted by Crippen LogP contribution is -2.51. The van der Waals surface area contributed by atoms with Crippen LogP contribution in [0.3, 0.4) is 0 Å². The van der Waals surface area contributed by atoms with Gasteiger partial charge >= 0.3 is 0 Å². The summed E-state index contributed by atoms with van der Waals surface area (Å²) >= 11 is 0. The van der Waals surface area contributed by atoms with Gasteiger partial charge in [0.25, 0.3) is 0 Å². The van der Waals surface area contributed by atoms with Gasteiger partial charge in [0.05, 0.1) is 11.9 Å². The van der Waals surface area contributed by atoms with Gasteiger partial charge < -0.3 is 10.4 Å². The number of sulfonamides is 1. The predicted octanol–water partition coefficient (Wildman–Crippen LogP) is 0.446. The van der Waals surface area contributed by atoms with Gasteiger partial charge in [-0.2, -0.15) is 4.31 Å². The van der Waals surface area contributed by atoms with E-state index >= 15 is 0 Å². The van der Waals surface area contributed by atoms with Gasteiger partial charge in [-0.1, -0.05) is 6.42 Å². The van der Waals surface area contributed by atoms with Crippen LogP contribution in [0.5, 0.6) is 0 Å². The molecule has 6 heteroatoms. The summed E-state index contributed by atoms with van der Waals surface area (Å²) in [6, 6.07) is 0.203. The summed E-state index contributed by atoms with van der Waals surface area (Å²) in [5.74, 6) is 0.232. The summed E-state index contributed by atoms with van der Waals surface area (Å²) in [6.45, 7) is 0.936. The van der Waals surface area contributed by atoms with Gasteiger partial charge in [0.15, 0.2) is 0 Å². The van der Waals surface area contributed by atoms with Gasteiger partial charge in [-0.3, -0.25) is 0 Å². The molecule has 0 amide bonds. The number of hydrogen-bond donors (Lipinski definition) is 2. The van der Waals surface area contributed by atoms with Gasteiger partial charge in [-0.15, -0.1) is 0 Å². The van der Waals surface area contributed by atoms with Gasteiger partial charge in [-0.05, 0) is 45.1 Å². The average Bonchev–Trinajstić information content (AvgIpc) is 2.64. The van der Waals surface area contributed by atoms with E-state index in [1.165, 1.54) is 0 Å². The van der Waals surface area contributed by atoms with Crippen LogP contribution < -0.4 is 5.32 Å². The Morgan fingerprint density at radius 3 is 2.37 bits per heavy atom. The fraction of sp³-hybridized carbons (Fsp3) is 1.00. The summed E-state index contributed by atoms with van der Waals surface area (Å²) in [6.07, 6.45) is 6.00. The summed E-state index contributed by atoms with van der Waals surface area (Å²) < 4.78 is 27.0. The molecule has 0 aromatic carbocycles. The molecule has 0 spiro atoms. The molecule has 110 valence electrons. The van der Waals surface area contributed by atoms with Crippen molar-refractivity contribution in [2.24, 2.45) is 0 Å². The molecule has 3 unspecified atom stereocenters. The second-order valence-corrected chi connectivity index (χ2v) is 8.18. The molecule has 0 aromatic rings. The maximum absolute atomic E-state index is 12.6. The van der Waals surface area contributed by atoms with Crippen LogP contribution >= 0.6 is 0 Å². The van der Waals surface area contributed by atoms with Crippen LogP contribution in [-0.2, 0) is 10.0 Å². The third kappa shape index (κ3) is 2.82. The smallest absolute Gasteiger partial charge is 0.216 e. The first-order chi connectivity index (χ1) is 9.06. The third-order valence-electron chi connectivity index (χ3n) is 4.79. The molecule has 3 aliphatic heterocycles. The molecule has 3 atom stereocenters. The fourth-order valence-corrected chi connectivity index (χ4v) is 6.22. The molecule has 2 N–H and O–H groups in total. The van der Waals surface area contributed by atoms with Crippen molar-refractivity contribution in [1.82, 2.24) is 9.62 Å². The molecular formula is C13H24N2O3S. The second kappa shape index (κ2) is 5.31. The Hall–Kier alpha value is -0.170. The van der Waals surface area contributed by atoms with Gasteiger partial charge in [0, 0.05) is 18.1 Å². The van der Waals surface area contributed by atoms with Crippen molar-refractivity contribution < 1.29 is 13.5 Å². The SMILES string of the molecule is O=S(=O)(CC1CCCCN1)N1C2CCC1CC(O)C2. The van der Waals surface area contributed by atoms with Crippen LogP contribution in [0.1, 0.15) is 44.9 Å². The van der Waals surface area contributed by atoms with Crippen molar-refractivity contribution in [1.29, 1.82) is 0 Å². The quantitative estimate of drug-likeness (QED) is 0.791. The number of piperidine rings is 2. The molecule has 3 saturated heterocycles. The van der Waals surface area contributed by atoms with E-state index in [2.05, 4.69) is 5.32 Å². The maximum atomic E-state index is 12.6. The second-order valence-electron chi connectivity index (χ2n) is 6.27. The molecule has 19 heavy (non-hydrogen) atoms. The van der Waals surface area contributed by atoms with E-state index < -0.39 is 10.0 Å². The molecule has 0 aliphatic carbocycles. The van der Waals surface area contributed by atoms with Gasteiger partial charge in [0.2, 0.25) is 10.0 Å². The van der Waals surface area contributed by atoms with E-state index in [1.54, 1.807) is 4.31 Å². The first-order valence-corrected chi connectivity index (χ1v) is 9.10. The van der Waals surface area contributed by atoms with Crippen molar-refractivity contribution in [2.75, 3.05) is 12.3 Å². The molecule has 0 saturated carbocycles. The number of hydrogen-bond acceptors (Lipinski definition) is 4. The topological polar surface area (TPSA) is 69.6 Å². The van der Waals surface area contributed by atoms with Crippen molar-refractivity contribution in [3.63, 3.8) is 0 Å². The Labute approximate surface area is 115 Å². The molecule has 0 radical (unpaired) electrons. The number of aliphatic hydroxyl groups is 1. The van der Waals surface area contributed by atoms with Crippen LogP contribution in [0.25, 0.3) is 0 Å². The minimum atomic E-state index is -3.18. The Kier molecular flexibility index (Phi) is 3.86. The van der Waals surface area contributed by atoms with Crippen molar-refractivity contribution in [3.05, 3.63) is 0 Å². The number of nitrogens with one attached hydrogen (secondary N) is 1. The van der Waals surface area contributed by atoms with Crippen molar-refractivity contribution >= 4 is 10.0 Å². The van der Waals surface area contributed by atoms with E-state index in [9.17, 15) is 13.5 Å². The summed E-state index contributed by atoms with van der Waals surface area (Å²) in [5, 5.41) is 13.1. The van der Waals surface area contributed by atoms with Gasteiger partial charge in [-0.25, -0.2) is 8.42 Å². The van der Waals surface area contributed by atoms with Crippen LogP contribution in [0.4, 0.5) is 0 Å². The lowest BCUT2D eigenvalue weighted by molar-refractivity contribution is 0.0767. The Morgan fingerprint density at radius 2 is 1.79 bits per heavy atom. The maximum Gasteiger partial charge on any atom is 0.216 e. The normalized spacial score (nSPS) is 40.5. The van der Waals surface area contributed by atoms with Crippen LogP contribution in [0.15, 0.2) is 0 Å². The lowest BCUT2D eigenvalue weighted by Gasteiger charge is -2.37. The minimum Gasteiger partial charge on any atom is -0.393 e. The summed E-state index contributed by atoms with van der Waals surface area (Å²) in [7, 11) is -3.18. The highest BCUT2D eigenvalue weighted by Gasteiger charge is 2.46. The first-order valence-electron chi connectivity index (χ1n) is 7.49. The van der Waals surface area contributed by atoms with Crippen molar-refractivity contribution in [3.8, 4) is 0 Å². The highest BCUT2D eigenvalue weighted by molar-refractivity contribution is 7.89. The molecule has 3 heterocycles. The largest absolute Gasteiger partial charge is 0.393 e. The standard InChI is InChI=1S/C13H24N2O3S/c16-13-7-11-4-5-12(8-13)15(11)19(17,18)9-10-3-1-2-6-14-10/h10-14,16H,1-9H2. The molecule has 3 fully saturated rings. The van der Waals surface area contributed by atoms with E-state index in [4.69, 9.17) is 0 Å². The summed E-state index contributed by atoms with van der Waals surface area (Å²) in [4.78, 5) is 0. The number of nitrogens with zero attached hydrogens (tertiary/aromatic N) is 1. The Morgan fingerprint density at radius 1 is 1.11 bits per heavy atom. The van der Waals surface area contributed by atoms with E-state index in [0.717, 1.165) is 38.6 Å². The zero-order valence-corrected chi connectivity index (χ0v) is 12.1. The van der Waals surface area contributed by atoms with Gasteiger partial charge in [0.1, 0.15) is 0 Å². The number of fused-ring (bicyclic) bond motifs is 2. The lowest BCUT2D eigenvalue weighted by atomic mass is 10.0. The molecule has 3 rings (SSSR count). The van der Waals surface area contributed by atoms with E-state index in [0.29, 0.717) is 12.8 Å². The van der Waals surface area contributed by atoms with E-state index in [-0.39, 0.29) is 30.0 Å². The fourth-order valence-electron chi connectivity index (χ4n) is 3.97. The van der Waals surface area contributed by atoms with E-state index in [1.807, 2.05) is 0 Å². The zero-order chi connectivity index (χ0) is 13.5. The van der Waals surface area contributed by atoms with Crippen LogP contribution in [-0.4, -0.2) is 54.4 Å². The molecule has 0 aromatic heterocycles. The number of aliphatic hydroxyl groups excluding tert-OH is 1. The predicted molar refractivity (Wildman–Crippen MR) is 73.3 cm³/mol. The van der Waals surface area contributed by atoms with Crippen LogP contribution in [0.2, 0.25) is 0 Å². The zero-order valence-electron chi connectivity index (χ0n) is 11.3. The highest BCUT2D eigenvalue weighted by Crippen LogP contribution is 2.38. The summed E-state index contributed by atoms with van der Waals surface area (Å²) in [5.41, 5.74) is 0.